The first-order chi connectivity index (χ1) is 11.6. The Kier molecular flexibility index (Phi) is 4.60. The van der Waals surface area contributed by atoms with Crippen molar-refractivity contribution in [1.29, 1.82) is 0 Å². The van der Waals surface area contributed by atoms with Crippen LogP contribution in [0.2, 0.25) is 0 Å². The number of nitrogens with zero attached hydrogens (tertiary/aromatic N) is 2. The molecule has 2 aromatic heterocycles. The van der Waals surface area contributed by atoms with E-state index in [2.05, 4.69) is 29.3 Å². The van der Waals surface area contributed by atoms with Crippen molar-refractivity contribution in [3.8, 4) is 11.3 Å². The van der Waals surface area contributed by atoms with Gasteiger partial charge < -0.3 is 9.84 Å². The van der Waals surface area contributed by atoms with E-state index in [4.69, 9.17) is 4.52 Å². The number of benzene rings is 1. The number of amides is 1. The van der Waals surface area contributed by atoms with Crippen molar-refractivity contribution in [1.82, 2.24) is 15.5 Å². The zero-order chi connectivity index (χ0) is 17.1. The van der Waals surface area contributed by atoms with Crippen LogP contribution < -0.4 is 5.32 Å². The van der Waals surface area contributed by atoms with Crippen LogP contribution in [0.3, 0.4) is 0 Å². The molecule has 0 aliphatic heterocycles. The van der Waals surface area contributed by atoms with Crippen LogP contribution in [-0.2, 0) is 0 Å². The largest absolute Gasteiger partial charge is 0.352 e. The number of aromatic nitrogens is 2. The average Bonchev–Trinajstić information content (AvgIpc) is 2.96. The molecule has 0 aliphatic carbocycles. The van der Waals surface area contributed by atoms with Crippen molar-refractivity contribution in [3.05, 3.63) is 47.7 Å². The zero-order valence-corrected chi connectivity index (χ0v) is 14.2. The molecular formula is C19H21N3O2. The Morgan fingerprint density at radius 2 is 2.00 bits per heavy atom. The minimum atomic E-state index is -0.119. The molecule has 2 heterocycles. The number of rotatable bonds is 5. The van der Waals surface area contributed by atoms with Crippen molar-refractivity contribution in [2.75, 3.05) is 6.54 Å². The molecule has 0 fully saturated rings. The van der Waals surface area contributed by atoms with Crippen LogP contribution in [0.15, 0.2) is 40.9 Å². The molecule has 0 radical (unpaired) electrons. The number of hydrogen-bond donors (Lipinski definition) is 1. The molecule has 0 aliphatic rings. The lowest BCUT2D eigenvalue weighted by Crippen LogP contribution is -2.25. The van der Waals surface area contributed by atoms with Gasteiger partial charge in [-0.1, -0.05) is 49.3 Å². The molecule has 3 aromatic rings. The van der Waals surface area contributed by atoms with Gasteiger partial charge in [-0.15, -0.1) is 0 Å². The molecular weight excluding hydrogens is 302 g/mol. The van der Waals surface area contributed by atoms with E-state index < -0.39 is 0 Å². The van der Waals surface area contributed by atoms with Crippen LogP contribution in [0.25, 0.3) is 22.4 Å². The van der Waals surface area contributed by atoms with Crippen LogP contribution in [0.4, 0.5) is 0 Å². The Bertz CT molecular complexity index is 854. The number of pyridine rings is 1. The van der Waals surface area contributed by atoms with Crippen LogP contribution in [0.5, 0.6) is 0 Å². The fraction of sp³-hybridized carbons (Fsp3) is 0.316. The zero-order valence-electron chi connectivity index (χ0n) is 14.2. The van der Waals surface area contributed by atoms with Gasteiger partial charge in [0.05, 0.1) is 22.3 Å². The average molecular weight is 323 g/mol. The molecule has 0 saturated carbocycles. The number of hydrogen-bond acceptors (Lipinski definition) is 4. The summed E-state index contributed by atoms with van der Waals surface area (Å²) in [4.78, 5) is 17.2. The van der Waals surface area contributed by atoms with E-state index in [1.54, 1.807) is 0 Å². The van der Waals surface area contributed by atoms with Gasteiger partial charge in [0.15, 0.2) is 0 Å². The summed E-state index contributed by atoms with van der Waals surface area (Å²) in [5.41, 5.74) is 3.26. The van der Waals surface area contributed by atoms with Gasteiger partial charge in [-0.05, 0) is 25.3 Å². The molecule has 0 atom stereocenters. The fourth-order valence-corrected chi connectivity index (χ4v) is 2.60. The van der Waals surface area contributed by atoms with E-state index in [0.29, 0.717) is 40.5 Å². The summed E-state index contributed by atoms with van der Waals surface area (Å²) < 4.78 is 5.30. The van der Waals surface area contributed by atoms with Crippen molar-refractivity contribution >= 4 is 17.0 Å². The summed E-state index contributed by atoms with van der Waals surface area (Å²) in [5.74, 6) is 0.423. The van der Waals surface area contributed by atoms with Crippen LogP contribution in [-0.4, -0.2) is 22.6 Å². The van der Waals surface area contributed by atoms with E-state index in [9.17, 15) is 4.79 Å². The van der Waals surface area contributed by atoms with Crippen LogP contribution >= 0.6 is 0 Å². The summed E-state index contributed by atoms with van der Waals surface area (Å²) in [6, 6.07) is 11.5. The molecule has 0 spiro atoms. The lowest BCUT2D eigenvalue weighted by molar-refractivity contribution is 0.0953. The van der Waals surface area contributed by atoms with E-state index >= 15 is 0 Å². The molecule has 1 aromatic carbocycles. The van der Waals surface area contributed by atoms with Gasteiger partial charge in [-0.25, -0.2) is 4.98 Å². The van der Waals surface area contributed by atoms with Crippen LogP contribution in [0.1, 0.15) is 36.3 Å². The van der Waals surface area contributed by atoms with Crippen molar-refractivity contribution < 1.29 is 9.32 Å². The minimum Gasteiger partial charge on any atom is -0.352 e. The maximum atomic E-state index is 12.7. The summed E-state index contributed by atoms with van der Waals surface area (Å²) in [6.07, 6.45) is 0.939. The predicted molar refractivity (Wildman–Crippen MR) is 93.8 cm³/mol. The molecule has 124 valence electrons. The van der Waals surface area contributed by atoms with E-state index in [1.165, 1.54) is 0 Å². The number of nitrogens with one attached hydrogen (secondary N) is 1. The number of carbonyl (C=O) groups is 1. The predicted octanol–water partition coefficient (Wildman–Crippen LogP) is 3.97. The lowest BCUT2D eigenvalue weighted by atomic mass is 10.0. The summed E-state index contributed by atoms with van der Waals surface area (Å²) in [5, 5.41) is 7.62. The number of fused-ring (bicyclic) bond motifs is 1. The Morgan fingerprint density at radius 3 is 2.71 bits per heavy atom. The Morgan fingerprint density at radius 1 is 1.25 bits per heavy atom. The van der Waals surface area contributed by atoms with Crippen molar-refractivity contribution in [3.63, 3.8) is 0 Å². The SMILES string of the molecule is Cc1noc2nc(-c3ccccc3)cc(C(=O)NCCC(C)C)c12. The summed E-state index contributed by atoms with van der Waals surface area (Å²) in [7, 11) is 0. The normalized spacial score (nSPS) is 11.2. The van der Waals surface area contributed by atoms with Crippen LogP contribution in [0, 0.1) is 12.8 Å². The Hall–Kier alpha value is -2.69. The molecule has 5 heteroatoms. The van der Waals surface area contributed by atoms with Gasteiger partial charge >= 0.3 is 0 Å². The third-order valence-electron chi connectivity index (χ3n) is 3.94. The summed E-state index contributed by atoms with van der Waals surface area (Å²) >= 11 is 0. The van der Waals surface area contributed by atoms with Gasteiger partial charge in [0.25, 0.3) is 11.6 Å². The van der Waals surface area contributed by atoms with Gasteiger partial charge in [0, 0.05) is 12.1 Å². The van der Waals surface area contributed by atoms with Crippen molar-refractivity contribution in [2.24, 2.45) is 5.92 Å². The molecule has 24 heavy (non-hydrogen) atoms. The quantitative estimate of drug-likeness (QED) is 0.771. The minimum absolute atomic E-state index is 0.119. The molecule has 1 amide bonds. The topological polar surface area (TPSA) is 68.0 Å². The second-order valence-electron chi connectivity index (χ2n) is 6.31. The fourth-order valence-electron chi connectivity index (χ4n) is 2.60. The molecule has 3 rings (SSSR count). The first kappa shape index (κ1) is 16.2. The van der Waals surface area contributed by atoms with Gasteiger partial charge in [0.1, 0.15) is 0 Å². The first-order valence-electron chi connectivity index (χ1n) is 8.17. The molecule has 1 N–H and O–H groups in total. The third kappa shape index (κ3) is 3.30. The smallest absolute Gasteiger partial charge is 0.259 e. The highest BCUT2D eigenvalue weighted by molar-refractivity contribution is 6.06. The maximum absolute atomic E-state index is 12.7. The second kappa shape index (κ2) is 6.83. The molecule has 5 nitrogen and oxygen atoms in total. The highest BCUT2D eigenvalue weighted by Gasteiger charge is 2.19. The lowest BCUT2D eigenvalue weighted by Gasteiger charge is -2.09. The monoisotopic (exact) mass is 323 g/mol. The maximum Gasteiger partial charge on any atom is 0.259 e. The van der Waals surface area contributed by atoms with Crippen molar-refractivity contribution in [2.45, 2.75) is 27.2 Å². The number of aryl methyl sites for hydroxylation is 1. The van der Waals surface area contributed by atoms with E-state index in [-0.39, 0.29) is 5.91 Å². The molecule has 0 bridgehead atoms. The Labute approximate surface area is 141 Å². The molecule has 0 saturated heterocycles. The molecule has 0 unspecified atom stereocenters. The third-order valence-corrected chi connectivity index (χ3v) is 3.94. The van der Waals surface area contributed by atoms with Gasteiger partial charge in [-0.3, -0.25) is 4.79 Å². The highest BCUT2D eigenvalue weighted by atomic mass is 16.5. The summed E-state index contributed by atoms with van der Waals surface area (Å²) in [6.45, 7) is 6.73. The van der Waals surface area contributed by atoms with E-state index in [0.717, 1.165) is 12.0 Å². The standard InChI is InChI=1S/C19H21N3O2/c1-12(2)9-10-20-18(23)15-11-16(14-7-5-4-6-8-14)21-19-17(15)13(3)22-24-19/h4-8,11-12H,9-10H2,1-3H3,(H,20,23). The van der Waals surface area contributed by atoms with E-state index in [1.807, 2.05) is 43.3 Å². The van der Waals surface area contributed by atoms with Gasteiger partial charge in [0.2, 0.25) is 0 Å². The first-order valence-corrected chi connectivity index (χ1v) is 8.17. The second-order valence-corrected chi connectivity index (χ2v) is 6.31. The van der Waals surface area contributed by atoms with Gasteiger partial charge in [-0.2, -0.15) is 0 Å². The Balaban J connectivity index is 2.01. The number of carbonyl (C=O) groups excluding carboxylic acids is 1. The highest BCUT2D eigenvalue weighted by Crippen LogP contribution is 2.26.